The first kappa shape index (κ1) is 16.5. The van der Waals surface area contributed by atoms with E-state index in [1.54, 1.807) is 24.3 Å². The van der Waals surface area contributed by atoms with E-state index >= 15 is 0 Å². The zero-order valence-corrected chi connectivity index (χ0v) is 13.4. The number of fused-ring (bicyclic) bond motifs is 1. The van der Waals surface area contributed by atoms with Gasteiger partial charge in [-0.3, -0.25) is 0 Å². The molecule has 1 aromatic heterocycles. The van der Waals surface area contributed by atoms with Crippen LogP contribution in [0.15, 0.2) is 42.5 Å². The predicted molar refractivity (Wildman–Crippen MR) is 85.1 cm³/mol. The van der Waals surface area contributed by atoms with Gasteiger partial charge < -0.3 is 9.92 Å². The summed E-state index contributed by atoms with van der Waals surface area (Å²) >= 11 is 1.18. The van der Waals surface area contributed by atoms with E-state index in [2.05, 4.69) is 9.17 Å². The minimum absolute atomic E-state index is 0.0732. The summed E-state index contributed by atoms with van der Waals surface area (Å²) in [6, 6.07) is 10.7. The molecule has 3 aromatic rings. The molecule has 2 aromatic carbocycles. The van der Waals surface area contributed by atoms with Crippen molar-refractivity contribution in [2.75, 3.05) is 5.73 Å². The number of hydrogen-bond acceptors (Lipinski definition) is 6. The number of hydrogen-bond donors (Lipinski definition) is 1. The summed E-state index contributed by atoms with van der Waals surface area (Å²) in [7, 11) is -5.79. The van der Waals surface area contributed by atoms with Crippen LogP contribution in [0.1, 0.15) is 0 Å². The Bertz CT molecular complexity index is 981. The molecule has 0 bridgehead atoms. The average molecular weight is 374 g/mol. The Kier molecular flexibility index (Phi) is 3.88. The lowest BCUT2D eigenvalue weighted by Gasteiger charge is -2.12. The summed E-state index contributed by atoms with van der Waals surface area (Å²) in [5.74, 6) is -0.486. The van der Waals surface area contributed by atoms with Crippen molar-refractivity contribution in [1.29, 1.82) is 0 Å². The molecule has 126 valence electrons. The van der Waals surface area contributed by atoms with E-state index in [9.17, 15) is 21.6 Å². The van der Waals surface area contributed by atoms with E-state index in [0.717, 1.165) is 10.8 Å². The number of nitrogen functional groups attached to an aromatic ring is 1. The van der Waals surface area contributed by atoms with Crippen molar-refractivity contribution in [3.05, 3.63) is 42.5 Å². The Labute approximate surface area is 138 Å². The molecule has 0 aliphatic rings. The number of alkyl halides is 3. The monoisotopic (exact) mass is 374 g/mol. The van der Waals surface area contributed by atoms with Gasteiger partial charge >= 0.3 is 15.6 Å². The zero-order chi connectivity index (χ0) is 17.5. The first-order valence-electron chi connectivity index (χ1n) is 6.43. The molecule has 0 amide bonds. The first-order valence-corrected chi connectivity index (χ1v) is 8.66. The summed E-state index contributed by atoms with van der Waals surface area (Å²) in [4.78, 5) is 4.28. The van der Waals surface area contributed by atoms with Gasteiger partial charge in [0.25, 0.3) is 0 Å². The molecule has 0 radical (unpaired) electrons. The van der Waals surface area contributed by atoms with Gasteiger partial charge in [-0.25, -0.2) is 4.98 Å². The van der Waals surface area contributed by atoms with Crippen LogP contribution in [0.4, 0.5) is 18.9 Å². The molecule has 0 aliphatic heterocycles. The van der Waals surface area contributed by atoms with Gasteiger partial charge in [-0.15, -0.1) is 11.3 Å². The molecule has 0 atom stereocenters. The molecular formula is C14H9F3N2O3S2. The van der Waals surface area contributed by atoms with E-state index in [1.165, 1.54) is 23.5 Å². The van der Waals surface area contributed by atoms with Crippen LogP contribution in [-0.4, -0.2) is 18.9 Å². The van der Waals surface area contributed by atoms with E-state index in [4.69, 9.17) is 5.73 Å². The van der Waals surface area contributed by atoms with E-state index in [0.29, 0.717) is 10.5 Å². The van der Waals surface area contributed by atoms with Gasteiger partial charge in [0.15, 0.2) is 5.75 Å². The fraction of sp³-hybridized carbons (Fsp3) is 0.0714. The summed E-state index contributed by atoms with van der Waals surface area (Å²) in [6.45, 7) is 0. The van der Waals surface area contributed by atoms with Crippen LogP contribution in [0.5, 0.6) is 5.75 Å². The Morgan fingerprint density at radius 1 is 1.12 bits per heavy atom. The second-order valence-electron chi connectivity index (χ2n) is 4.73. The van der Waals surface area contributed by atoms with Crippen LogP contribution in [0.3, 0.4) is 0 Å². The zero-order valence-electron chi connectivity index (χ0n) is 11.7. The highest BCUT2D eigenvalue weighted by molar-refractivity contribution is 7.88. The first-order chi connectivity index (χ1) is 11.2. The van der Waals surface area contributed by atoms with Crippen molar-refractivity contribution in [2.45, 2.75) is 5.51 Å². The number of benzene rings is 2. The number of rotatable bonds is 3. The van der Waals surface area contributed by atoms with Crippen molar-refractivity contribution in [3.63, 3.8) is 0 Å². The summed E-state index contributed by atoms with van der Waals surface area (Å²) in [5.41, 5.74) is 1.07. The van der Waals surface area contributed by atoms with Crippen molar-refractivity contribution in [1.82, 2.24) is 4.98 Å². The number of nitrogens with two attached hydrogens (primary N) is 1. The van der Waals surface area contributed by atoms with Crippen molar-refractivity contribution in [3.8, 4) is 16.3 Å². The summed E-state index contributed by atoms with van der Waals surface area (Å²) in [6.07, 6.45) is 0. The fourth-order valence-corrected chi connectivity index (χ4v) is 3.40. The molecule has 0 saturated heterocycles. The molecule has 24 heavy (non-hydrogen) atoms. The van der Waals surface area contributed by atoms with E-state index in [1.807, 2.05) is 0 Å². The van der Waals surface area contributed by atoms with Crippen molar-refractivity contribution < 1.29 is 25.8 Å². The summed E-state index contributed by atoms with van der Waals surface area (Å²) in [5, 5.41) is 0.302. The lowest BCUT2D eigenvalue weighted by atomic mass is 10.2. The largest absolute Gasteiger partial charge is 0.534 e. The third-order valence-electron chi connectivity index (χ3n) is 3.01. The Balaban J connectivity index is 2.13. The van der Waals surface area contributed by atoms with Crippen LogP contribution < -0.4 is 9.92 Å². The number of aromatic nitrogens is 1. The average Bonchev–Trinajstić information content (AvgIpc) is 2.91. The number of thiazole rings is 1. The standard InChI is InChI=1S/C14H9F3N2O3S2/c15-14(16,17)24(20,21)22-11-6-5-8(18)7-9(11)13-19-10-3-1-2-4-12(10)23-13/h1-7H,18H2. The third kappa shape index (κ3) is 3.02. The molecule has 0 spiro atoms. The molecular weight excluding hydrogens is 365 g/mol. The quantitative estimate of drug-likeness (QED) is 0.429. The smallest absolute Gasteiger partial charge is 0.399 e. The highest BCUT2D eigenvalue weighted by atomic mass is 32.2. The number of halogens is 3. The molecule has 10 heteroatoms. The number of para-hydroxylation sites is 1. The maximum atomic E-state index is 12.5. The van der Waals surface area contributed by atoms with Crippen LogP contribution >= 0.6 is 11.3 Å². The van der Waals surface area contributed by atoms with Crippen LogP contribution in [0.25, 0.3) is 20.8 Å². The molecule has 0 unspecified atom stereocenters. The lowest BCUT2D eigenvalue weighted by Crippen LogP contribution is -2.28. The Morgan fingerprint density at radius 3 is 2.50 bits per heavy atom. The van der Waals surface area contributed by atoms with Crippen LogP contribution in [0, 0.1) is 0 Å². The van der Waals surface area contributed by atoms with Crippen LogP contribution in [-0.2, 0) is 10.1 Å². The number of anilines is 1. The normalized spacial score (nSPS) is 12.5. The van der Waals surface area contributed by atoms with Gasteiger partial charge in [-0.2, -0.15) is 21.6 Å². The van der Waals surface area contributed by atoms with Gasteiger partial charge in [-0.05, 0) is 30.3 Å². The lowest BCUT2D eigenvalue weighted by molar-refractivity contribution is -0.0499. The van der Waals surface area contributed by atoms with Crippen molar-refractivity contribution >= 4 is 37.4 Å². The van der Waals surface area contributed by atoms with Crippen LogP contribution in [0.2, 0.25) is 0 Å². The molecule has 2 N–H and O–H groups in total. The van der Waals surface area contributed by atoms with Gasteiger partial charge in [-0.1, -0.05) is 12.1 Å². The van der Waals surface area contributed by atoms with Gasteiger partial charge in [0, 0.05) is 5.69 Å². The predicted octanol–water partition coefficient (Wildman–Crippen LogP) is 3.77. The SMILES string of the molecule is Nc1ccc(OS(=O)(=O)C(F)(F)F)c(-c2nc3ccccc3s2)c1. The maximum absolute atomic E-state index is 12.5. The van der Waals surface area contributed by atoms with Gasteiger partial charge in [0.05, 0.1) is 15.8 Å². The minimum atomic E-state index is -5.79. The maximum Gasteiger partial charge on any atom is 0.534 e. The highest BCUT2D eigenvalue weighted by Gasteiger charge is 2.48. The summed E-state index contributed by atoms with van der Waals surface area (Å²) < 4.78 is 65.2. The Morgan fingerprint density at radius 2 is 1.83 bits per heavy atom. The Hall–Kier alpha value is -2.33. The van der Waals surface area contributed by atoms with E-state index < -0.39 is 21.4 Å². The molecule has 1 heterocycles. The van der Waals surface area contributed by atoms with E-state index in [-0.39, 0.29) is 11.3 Å². The topological polar surface area (TPSA) is 82.3 Å². The second kappa shape index (κ2) is 5.64. The van der Waals surface area contributed by atoms with Crippen molar-refractivity contribution in [2.24, 2.45) is 0 Å². The van der Waals surface area contributed by atoms with Gasteiger partial charge in [0.1, 0.15) is 5.01 Å². The second-order valence-corrected chi connectivity index (χ2v) is 7.29. The molecule has 5 nitrogen and oxygen atoms in total. The third-order valence-corrected chi connectivity index (χ3v) is 5.05. The number of nitrogens with zero attached hydrogens (tertiary/aromatic N) is 1. The fourth-order valence-electron chi connectivity index (χ4n) is 1.94. The minimum Gasteiger partial charge on any atom is -0.399 e. The molecule has 3 rings (SSSR count). The molecule has 0 aliphatic carbocycles. The molecule has 0 fully saturated rings. The highest BCUT2D eigenvalue weighted by Crippen LogP contribution is 2.39. The van der Waals surface area contributed by atoms with Gasteiger partial charge in [0.2, 0.25) is 0 Å². The molecule has 0 saturated carbocycles.